The Kier molecular flexibility index (Phi) is 7.67. The number of nitrogens with one attached hydrogen (secondary N) is 1. The molecule has 10 heteroatoms. The molecule has 6 nitrogen and oxygen atoms in total. The molecule has 0 unspecified atom stereocenters. The molecule has 0 aliphatic carbocycles. The normalized spacial score (nSPS) is 14.4. The molecule has 1 aliphatic rings. The fraction of sp³-hybridized carbons (Fsp3) is 0.368. The summed E-state index contributed by atoms with van der Waals surface area (Å²) in [7, 11) is -2.48. The summed E-state index contributed by atoms with van der Waals surface area (Å²) < 4.78 is 56.6. The van der Waals surface area contributed by atoms with E-state index in [1.165, 1.54) is 31.3 Å². The molecule has 160 valence electrons. The number of hydrogen-bond donors (Lipinski definition) is 1. The highest BCUT2D eigenvalue weighted by molar-refractivity contribution is 7.92. The van der Waals surface area contributed by atoms with Crippen LogP contribution in [0.5, 0.6) is 5.75 Å². The molecule has 0 spiro atoms. The number of hydrogen-bond acceptors (Lipinski definition) is 5. The van der Waals surface area contributed by atoms with Crippen molar-refractivity contribution in [3.8, 4) is 5.75 Å². The highest BCUT2D eigenvalue weighted by Gasteiger charge is 2.24. The van der Waals surface area contributed by atoms with Gasteiger partial charge in [0, 0.05) is 45.0 Å². The molecule has 29 heavy (non-hydrogen) atoms. The third-order valence-corrected chi connectivity index (χ3v) is 6.48. The first-order valence-corrected chi connectivity index (χ1v) is 10.3. The lowest BCUT2D eigenvalue weighted by molar-refractivity contribution is -0.0498. The first-order chi connectivity index (χ1) is 13.3. The molecule has 0 bridgehead atoms. The zero-order valence-corrected chi connectivity index (χ0v) is 17.8. The third kappa shape index (κ3) is 5.29. The topological polar surface area (TPSA) is 61.9 Å². The van der Waals surface area contributed by atoms with Crippen molar-refractivity contribution >= 4 is 33.8 Å². The van der Waals surface area contributed by atoms with E-state index in [0.29, 0.717) is 0 Å². The van der Waals surface area contributed by atoms with Crippen LogP contribution in [0.3, 0.4) is 0 Å². The Bertz CT molecular complexity index is 938. The van der Waals surface area contributed by atoms with Gasteiger partial charge in [0.2, 0.25) is 0 Å². The van der Waals surface area contributed by atoms with Gasteiger partial charge in [-0.3, -0.25) is 4.31 Å². The zero-order chi connectivity index (χ0) is 20.3. The zero-order valence-electron chi connectivity index (χ0n) is 16.1. The maximum absolute atomic E-state index is 13.1. The third-order valence-electron chi connectivity index (χ3n) is 4.70. The minimum Gasteiger partial charge on any atom is -0.435 e. The van der Waals surface area contributed by atoms with Crippen LogP contribution in [0.1, 0.15) is 5.56 Å². The van der Waals surface area contributed by atoms with Gasteiger partial charge in [-0.05, 0) is 36.8 Å². The van der Waals surface area contributed by atoms with Crippen LogP contribution in [0.2, 0.25) is 0 Å². The van der Waals surface area contributed by atoms with Crippen molar-refractivity contribution in [2.45, 2.75) is 18.4 Å². The Hall–Kier alpha value is -2.10. The van der Waals surface area contributed by atoms with Crippen molar-refractivity contribution in [3.63, 3.8) is 0 Å². The summed E-state index contributed by atoms with van der Waals surface area (Å²) in [5.41, 5.74) is 2.11. The first kappa shape index (κ1) is 23.2. The van der Waals surface area contributed by atoms with Crippen molar-refractivity contribution in [2.75, 3.05) is 42.4 Å². The van der Waals surface area contributed by atoms with Crippen molar-refractivity contribution in [1.29, 1.82) is 0 Å². The van der Waals surface area contributed by atoms with Crippen LogP contribution in [0, 0.1) is 6.92 Å². The Morgan fingerprint density at radius 3 is 2.48 bits per heavy atom. The second kappa shape index (κ2) is 9.60. The summed E-state index contributed by atoms with van der Waals surface area (Å²) in [6, 6.07) is 10.6. The Morgan fingerprint density at radius 1 is 1.14 bits per heavy atom. The number of piperazine rings is 1. The SMILES string of the molecule is Cc1ccc(S(=O)(=O)N(C)c2cccc(OC(F)F)c2)cc1N1CCNCC1.Cl. The Labute approximate surface area is 175 Å². The van der Waals surface area contributed by atoms with Gasteiger partial charge in [0.05, 0.1) is 10.6 Å². The van der Waals surface area contributed by atoms with Gasteiger partial charge in [0.15, 0.2) is 0 Å². The van der Waals surface area contributed by atoms with Gasteiger partial charge in [-0.1, -0.05) is 12.1 Å². The molecule has 0 aromatic heterocycles. The van der Waals surface area contributed by atoms with Gasteiger partial charge in [-0.25, -0.2) is 8.42 Å². The van der Waals surface area contributed by atoms with Crippen LogP contribution in [-0.2, 0) is 10.0 Å². The average molecular weight is 448 g/mol. The van der Waals surface area contributed by atoms with E-state index in [4.69, 9.17) is 0 Å². The standard InChI is InChI=1S/C19H23F2N3O3S.ClH/c1-14-6-7-17(13-18(14)24-10-8-22-9-11-24)28(25,26)23(2)15-4-3-5-16(12-15)27-19(20)21;/h3-7,12-13,19,22H,8-11H2,1-2H3;1H. The first-order valence-electron chi connectivity index (χ1n) is 8.89. The number of ether oxygens (including phenoxy) is 1. The van der Waals surface area contributed by atoms with E-state index in [-0.39, 0.29) is 28.7 Å². The van der Waals surface area contributed by atoms with Crippen molar-refractivity contribution < 1.29 is 21.9 Å². The van der Waals surface area contributed by atoms with E-state index < -0.39 is 16.6 Å². The summed E-state index contributed by atoms with van der Waals surface area (Å²) in [4.78, 5) is 2.30. The largest absolute Gasteiger partial charge is 0.435 e. The van der Waals surface area contributed by atoms with Gasteiger partial charge in [-0.2, -0.15) is 8.78 Å². The fourth-order valence-electron chi connectivity index (χ4n) is 3.15. The molecule has 0 atom stereocenters. The van der Waals surface area contributed by atoms with Crippen LogP contribution in [0.15, 0.2) is 47.4 Å². The number of aryl methyl sites for hydroxylation is 1. The number of alkyl halides is 2. The van der Waals surface area contributed by atoms with Crippen LogP contribution in [0.4, 0.5) is 20.2 Å². The van der Waals surface area contributed by atoms with Crippen LogP contribution in [-0.4, -0.2) is 48.3 Å². The number of anilines is 2. The average Bonchev–Trinajstić information content (AvgIpc) is 2.68. The highest BCUT2D eigenvalue weighted by atomic mass is 35.5. The van der Waals surface area contributed by atoms with Crippen molar-refractivity contribution in [2.24, 2.45) is 0 Å². The van der Waals surface area contributed by atoms with E-state index in [1.54, 1.807) is 18.2 Å². The maximum atomic E-state index is 13.1. The summed E-state index contributed by atoms with van der Waals surface area (Å²) in [6.45, 7) is 2.25. The van der Waals surface area contributed by atoms with Crippen molar-refractivity contribution in [1.82, 2.24) is 5.32 Å². The smallest absolute Gasteiger partial charge is 0.387 e. The second-order valence-corrected chi connectivity index (χ2v) is 8.50. The van der Waals surface area contributed by atoms with E-state index in [1.807, 2.05) is 6.92 Å². The van der Waals surface area contributed by atoms with Gasteiger partial charge in [0.25, 0.3) is 10.0 Å². The summed E-state index contributed by atoms with van der Waals surface area (Å²) >= 11 is 0. The monoisotopic (exact) mass is 447 g/mol. The molecule has 1 heterocycles. The Balaban J connectivity index is 0.00000300. The minimum absolute atomic E-state index is 0. The summed E-state index contributed by atoms with van der Waals surface area (Å²) in [5.74, 6) is -0.0973. The maximum Gasteiger partial charge on any atom is 0.387 e. The number of benzene rings is 2. The lowest BCUT2D eigenvalue weighted by Crippen LogP contribution is -2.43. The lowest BCUT2D eigenvalue weighted by Gasteiger charge is -2.31. The molecular weight excluding hydrogens is 424 g/mol. The van der Waals surface area contributed by atoms with Crippen LogP contribution < -0.4 is 19.3 Å². The lowest BCUT2D eigenvalue weighted by atomic mass is 10.1. The van der Waals surface area contributed by atoms with E-state index in [0.717, 1.165) is 41.7 Å². The van der Waals surface area contributed by atoms with E-state index in [9.17, 15) is 17.2 Å². The predicted octanol–water partition coefficient (Wildman–Crippen LogP) is 3.25. The molecule has 0 saturated carbocycles. The highest BCUT2D eigenvalue weighted by Crippen LogP contribution is 2.29. The van der Waals surface area contributed by atoms with Gasteiger partial charge in [-0.15, -0.1) is 12.4 Å². The molecule has 1 fully saturated rings. The summed E-state index contributed by atoms with van der Waals surface area (Å²) in [6.07, 6.45) is 0. The minimum atomic E-state index is -3.87. The number of nitrogens with zero attached hydrogens (tertiary/aromatic N) is 2. The number of halogens is 3. The molecule has 3 rings (SSSR count). The molecule has 2 aromatic carbocycles. The second-order valence-electron chi connectivity index (χ2n) is 6.53. The molecule has 1 aliphatic heterocycles. The predicted molar refractivity (Wildman–Crippen MR) is 112 cm³/mol. The number of sulfonamides is 1. The van der Waals surface area contributed by atoms with E-state index >= 15 is 0 Å². The number of rotatable bonds is 6. The molecule has 0 amide bonds. The summed E-state index contributed by atoms with van der Waals surface area (Å²) in [5, 5.41) is 3.27. The van der Waals surface area contributed by atoms with E-state index in [2.05, 4.69) is 15.0 Å². The molecule has 0 radical (unpaired) electrons. The molecule has 1 saturated heterocycles. The molecule has 2 aromatic rings. The van der Waals surface area contributed by atoms with Gasteiger partial charge < -0.3 is 15.0 Å². The van der Waals surface area contributed by atoms with Crippen LogP contribution in [0.25, 0.3) is 0 Å². The van der Waals surface area contributed by atoms with Gasteiger partial charge >= 0.3 is 6.61 Å². The van der Waals surface area contributed by atoms with Gasteiger partial charge in [0.1, 0.15) is 5.75 Å². The van der Waals surface area contributed by atoms with Crippen molar-refractivity contribution in [3.05, 3.63) is 48.0 Å². The Morgan fingerprint density at radius 2 is 1.83 bits per heavy atom. The van der Waals surface area contributed by atoms with Crippen LogP contribution >= 0.6 is 12.4 Å². The molecular formula is C19H24ClF2N3O3S. The fourth-order valence-corrected chi connectivity index (χ4v) is 4.36. The quantitative estimate of drug-likeness (QED) is 0.736. The molecule has 1 N–H and O–H groups in total.